The Morgan fingerprint density at radius 3 is 1.12 bits per heavy atom. The monoisotopic (exact) mass is 610 g/mol. The van der Waals surface area contributed by atoms with Gasteiger partial charge >= 0.3 is 5.97 Å². The highest BCUT2D eigenvalue weighted by atomic mass is 16.6. The molecule has 0 aromatic heterocycles. The number of rotatable bonds is 36. The second-order valence-corrected chi connectivity index (χ2v) is 8.96. The van der Waals surface area contributed by atoms with E-state index in [4.69, 9.17) is 52.1 Å². The fraction of sp³-hybridized carbons (Fsp3) is 0.900. The molecule has 42 heavy (non-hydrogen) atoms. The molecule has 0 aliphatic heterocycles. The first-order valence-corrected chi connectivity index (χ1v) is 15.3. The number of carbonyl (C=O) groups excluding carboxylic acids is 1. The highest BCUT2D eigenvalue weighted by molar-refractivity contribution is 5.72. The summed E-state index contributed by atoms with van der Waals surface area (Å²) in [7, 11) is 0. The normalized spacial score (nSPS) is 12.0. The Bertz CT molecular complexity index is 552. The minimum Gasteiger partial charge on any atom is -0.499 e. The van der Waals surface area contributed by atoms with Gasteiger partial charge < -0.3 is 52.1 Å². The molecule has 0 aliphatic carbocycles. The first kappa shape index (κ1) is 40.6. The third-order valence-corrected chi connectivity index (χ3v) is 5.64. The van der Waals surface area contributed by atoms with E-state index in [2.05, 4.69) is 13.5 Å². The molecule has 0 amide bonds. The first-order chi connectivity index (χ1) is 20.8. The van der Waals surface area contributed by atoms with Crippen LogP contribution in [0.2, 0.25) is 0 Å². The van der Waals surface area contributed by atoms with Gasteiger partial charge in [-0.1, -0.05) is 33.3 Å². The zero-order valence-corrected chi connectivity index (χ0v) is 26.2. The highest BCUT2D eigenvalue weighted by Crippen LogP contribution is 2.14. The summed E-state index contributed by atoms with van der Waals surface area (Å²) in [4.78, 5) is 12.0. The molecule has 0 aromatic rings. The largest absolute Gasteiger partial charge is 0.499 e. The van der Waals surface area contributed by atoms with Crippen molar-refractivity contribution in [1.82, 2.24) is 0 Å². The van der Waals surface area contributed by atoms with Crippen LogP contribution in [0.3, 0.4) is 0 Å². The summed E-state index contributed by atoms with van der Waals surface area (Å²) in [5, 5.41) is 0. The van der Waals surface area contributed by atoms with Crippen molar-refractivity contribution in [3.8, 4) is 0 Å². The van der Waals surface area contributed by atoms with Gasteiger partial charge in [0.25, 0.3) is 0 Å². The quantitative estimate of drug-likeness (QED) is 0.0589. The highest BCUT2D eigenvalue weighted by Gasteiger charge is 2.16. The average Bonchev–Trinajstić information content (AvgIpc) is 3.00. The van der Waals surface area contributed by atoms with E-state index in [1.807, 2.05) is 6.92 Å². The Hall–Kier alpha value is -1.35. The third-order valence-electron chi connectivity index (χ3n) is 5.64. The molecule has 0 radical (unpaired) electrons. The Morgan fingerprint density at radius 1 is 0.524 bits per heavy atom. The van der Waals surface area contributed by atoms with Crippen LogP contribution in [0.4, 0.5) is 0 Å². The van der Waals surface area contributed by atoms with Gasteiger partial charge in [-0.25, -0.2) is 0 Å². The van der Waals surface area contributed by atoms with E-state index >= 15 is 0 Å². The van der Waals surface area contributed by atoms with Crippen LogP contribution in [-0.2, 0) is 56.9 Å². The van der Waals surface area contributed by atoms with Crippen molar-refractivity contribution in [3.05, 3.63) is 12.8 Å². The van der Waals surface area contributed by atoms with Gasteiger partial charge in [0.15, 0.2) is 0 Å². The summed E-state index contributed by atoms with van der Waals surface area (Å²) in [6.45, 7) is 17.3. The molecule has 12 nitrogen and oxygen atoms in total. The third kappa shape index (κ3) is 31.6. The number of hydrogen-bond donors (Lipinski definition) is 0. The summed E-state index contributed by atoms with van der Waals surface area (Å²) in [6.07, 6.45) is 5.23. The molecule has 250 valence electrons. The van der Waals surface area contributed by atoms with Gasteiger partial charge in [-0.05, 0) is 12.8 Å². The summed E-state index contributed by atoms with van der Waals surface area (Å²) in [6, 6.07) is 0. The van der Waals surface area contributed by atoms with Gasteiger partial charge in [0, 0.05) is 0 Å². The van der Waals surface area contributed by atoms with Gasteiger partial charge in [0.2, 0.25) is 0 Å². The standard InChI is InChI=1S/C30H58O12/c1-4-7-8-29(5-2)30(31)42-28-27-41-26-25-40-24-23-39-22-21-38-20-19-37-18-17-36-16-15-35-14-13-34-12-11-33-10-9-32-6-3/h6,29H,3-5,7-28H2,1-2H3. The topological polar surface area (TPSA) is 119 Å². The predicted octanol–water partition coefficient (Wildman–Crippen LogP) is 3.06. The second-order valence-electron chi connectivity index (χ2n) is 8.96. The molecule has 0 rings (SSSR count). The van der Waals surface area contributed by atoms with E-state index in [0.717, 1.165) is 25.7 Å². The molecular formula is C30H58O12. The van der Waals surface area contributed by atoms with Crippen LogP contribution in [-0.4, -0.2) is 138 Å². The van der Waals surface area contributed by atoms with Crippen LogP contribution < -0.4 is 0 Å². The summed E-state index contributed by atoms with van der Waals surface area (Å²) in [5.41, 5.74) is 0. The van der Waals surface area contributed by atoms with Crippen LogP contribution in [0.15, 0.2) is 12.8 Å². The molecule has 1 unspecified atom stereocenters. The SMILES string of the molecule is C=COCCOCCOCCOCCOCCOCCOCCOCCOCCOCCOC(=O)C(CC)CCCC. The Morgan fingerprint density at radius 2 is 0.833 bits per heavy atom. The minimum absolute atomic E-state index is 0.00165. The van der Waals surface area contributed by atoms with E-state index < -0.39 is 0 Å². The minimum atomic E-state index is -0.119. The summed E-state index contributed by atoms with van der Waals surface area (Å²) < 4.78 is 59.1. The molecule has 0 aliphatic rings. The summed E-state index contributed by atoms with van der Waals surface area (Å²) in [5.74, 6) is -0.121. The van der Waals surface area contributed by atoms with E-state index in [0.29, 0.717) is 126 Å². The van der Waals surface area contributed by atoms with Gasteiger partial charge in [-0.2, -0.15) is 0 Å². The molecular weight excluding hydrogens is 552 g/mol. The van der Waals surface area contributed by atoms with Crippen molar-refractivity contribution in [2.75, 3.05) is 132 Å². The maximum absolute atomic E-state index is 12.0. The smallest absolute Gasteiger partial charge is 0.308 e. The van der Waals surface area contributed by atoms with Crippen LogP contribution >= 0.6 is 0 Å². The maximum atomic E-state index is 12.0. The van der Waals surface area contributed by atoms with Gasteiger partial charge in [-0.15, -0.1) is 0 Å². The van der Waals surface area contributed by atoms with Crippen molar-refractivity contribution in [2.24, 2.45) is 5.92 Å². The zero-order chi connectivity index (χ0) is 30.6. The average molecular weight is 611 g/mol. The molecule has 1 atom stereocenters. The van der Waals surface area contributed by atoms with Gasteiger partial charge in [-0.3, -0.25) is 4.79 Å². The lowest BCUT2D eigenvalue weighted by Gasteiger charge is -2.13. The zero-order valence-electron chi connectivity index (χ0n) is 26.2. The molecule has 0 saturated carbocycles. The van der Waals surface area contributed by atoms with Crippen LogP contribution in [0.25, 0.3) is 0 Å². The summed E-state index contributed by atoms with van der Waals surface area (Å²) >= 11 is 0. The van der Waals surface area contributed by atoms with Crippen molar-refractivity contribution in [2.45, 2.75) is 39.5 Å². The lowest BCUT2D eigenvalue weighted by atomic mass is 10.00. The van der Waals surface area contributed by atoms with E-state index in [9.17, 15) is 4.79 Å². The van der Waals surface area contributed by atoms with Crippen LogP contribution in [0.1, 0.15) is 39.5 Å². The Balaban J connectivity index is 3.15. The fourth-order valence-corrected chi connectivity index (χ4v) is 3.31. The number of ether oxygens (including phenoxy) is 11. The van der Waals surface area contributed by atoms with E-state index in [1.54, 1.807) is 0 Å². The Kier molecular flexibility index (Phi) is 34.7. The number of carbonyl (C=O) groups is 1. The van der Waals surface area contributed by atoms with E-state index in [-0.39, 0.29) is 18.5 Å². The predicted molar refractivity (Wildman–Crippen MR) is 158 cm³/mol. The first-order valence-electron chi connectivity index (χ1n) is 15.3. The molecule has 0 bridgehead atoms. The maximum Gasteiger partial charge on any atom is 0.308 e. The fourth-order valence-electron chi connectivity index (χ4n) is 3.31. The molecule has 0 heterocycles. The van der Waals surface area contributed by atoms with Gasteiger partial charge in [0.1, 0.15) is 13.2 Å². The lowest BCUT2D eigenvalue weighted by molar-refractivity contribution is -0.150. The number of hydrogen-bond acceptors (Lipinski definition) is 12. The second kappa shape index (κ2) is 35.8. The van der Waals surface area contributed by atoms with Crippen LogP contribution in [0, 0.1) is 5.92 Å². The van der Waals surface area contributed by atoms with E-state index in [1.165, 1.54) is 6.26 Å². The molecule has 0 N–H and O–H groups in total. The van der Waals surface area contributed by atoms with Gasteiger partial charge in [0.05, 0.1) is 131 Å². The van der Waals surface area contributed by atoms with Crippen molar-refractivity contribution >= 4 is 5.97 Å². The number of unbranched alkanes of at least 4 members (excludes halogenated alkanes) is 1. The van der Waals surface area contributed by atoms with Crippen LogP contribution in [0.5, 0.6) is 0 Å². The lowest BCUT2D eigenvalue weighted by Crippen LogP contribution is -2.20. The molecule has 12 heteroatoms. The van der Waals surface area contributed by atoms with Crippen molar-refractivity contribution < 1.29 is 56.9 Å². The molecule has 0 spiro atoms. The Labute approximate surface area is 253 Å². The molecule has 0 fully saturated rings. The number of esters is 1. The van der Waals surface area contributed by atoms with Crippen molar-refractivity contribution in [1.29, 1.82) is 0 Å². The molecule has 0 aromatic carbocycles. The molecule has 0 saturated heterocycles. The van der Waals surface area contributed by atoms with Crippen molar-refractivity contribution in [3.63, 3.8) is 0 Å².